The lowest BCUT2D eigenvalue weighted by molar-refractivity contribution is -0.165. The average molecular weight is 259 g/mol. The molecule has 0 aromatic rings. The molecule has 2 N–H and O–H groups in total. The van der Waals surface area contributed by atoms with E-state index in [9.17, 15) is 17.4 Å². The van der Waals surface area contributed by atoms with Gasteiger partial charge in [-0.15, -0.1) is 0 Å². The average Bonchev–Trinajstić information content (AvgIpc) is 2.25. The summed E-state index contributed by atoms with van der Waals surface area (Å²) < 4.78 is 54.0. The summed E-state index contributed by atoms with van der Waals surface area (Å²) in [6.45, 7) is 0.462. The van der Waals surface area contributed by atoms with Crippen molar-refractivity contribution in [1.82, 2.24) is 0 Å². The second-order valence-corrected chi connectivity index (χ2v) is 5.59. The summed E-state index contributed by atoms with van der Waals surface area (Å²) in [5.74, 6) is -2.04. The maximum Gasteiger partial charge on any atom is 0.393 e. The molecule has 0 aromatic heterocycles. The first kappa shape index (κ1) is 13.9. The Labute approximate surface area is 95.0 Å². The minimum absolute atomic E-state index is 0.176. The van der Waals surface area contributed by atoms with Crippen molar-refractivity contribution < 1.29 is 22.1 Å². The first-order valence-corrected chi connectivity index (χ1v) is 6.55. The molecule has 0 aliphatic carbocycles. The summed E-state index contributed by atoms with van der Waals surface area (Å²) >= 11 is 0. The van der Waals surface area contributed by atoms with Gasteiger partial charge in [-0.2, -0.15) is 13.2 Å². The molecule has 1 fully saturated rings. The van der Waals surface area contributed by atoms with Crippen LogP contribution in [0.4, 0.5) is 13.2 Å². The molecular weight excluding hydrogens is 243 g/mol. The standard InChI is InChI=1S/C9H16F3NO2S/c10-9(11,12)7(5-13)6-16(14)8-1-3-15-4-2-8/h7-8H,1-6,13H2. The first-order chi connectivity index (χ1) is 7.45. The van der Waals surface area contributed by atoms with Crippen LogP contribution in [0.1, 0.15) is 12.8 Å². The first-order valence-electron chi connectivity index (χ1n) is 5.17. The molecule has 1 aliphatic heterocycles. The van der Waals surface area contributed by atoms with Crippen LogP contribution < -0.4 is 5.73 Å². The van der Waals surface area contributed by atoms with Crippen LogP contribution >= 0.6 is 0 Å². The van der Waals surface area contributed by atoms with E-state index in [0.29, 0.717) is 26.1 Å². The molecule has 3 nitrogen and oxygen atoms in total. The maximum atomic E-state index is 12.4. The summed E-state index contributed by atoms with van der Waals surface area (Å²) in [7, 11) is -1.46. The third-order valence-corrected chi connectivity index (χ3v) is 4.60. The molecule has 0 saturated carbocycles. The number of ether oxygens (including phenoxy) is 1. The fourth-order valence-corrected chi connectivity index (χ4v) is 3.28. The largest absolute Gasteiger partial charge is 0.393 e. The molecule has 7 heteroatoms. The molecule has 1 aliphatic rings. The number of nitrogens with two attached hydrogens (primary N) is 1. The van der Waals surface area contributed by atoms with Crippen molar-refractivity contribution in [3.63, 3.8) is 0 Å². The minimum atomic E-state index is -4.35. The number of hydrogen-bond donors (Lipinski definition) is 1. The zero-order valence-corrected chi connectivity index (χ0v) is 9.65. The van der Waals surface area contributed by atoms with Gasteiger partial charge in [0.1, 0.15) is 0 Å². The predicted molar refractivity (Wildman–Crippen MR) is 55.4 cm³/mol. The van der Waals surface area contributed by atoms with Crippen LogP contribution in [0, 0.1) is 5.92 Å². The predicted octanol–water partition coefficient (Wildman–Crippen LogP) is 1.05. The number of hydrogen-bond acceptors (Lipinski definition) is 3. The van der Waals surface area contributed by atoms with Gasteiger partial charge in [0.2, 0.25) is 0 Å². The summed E-state index contributed by atoms with van der Waals surface area (Å²) in [5, 5.41) is -0.176. The quantitative estimate of drug-likeness (QED) is 0.821. The van der Waals surface area contributed by atoms with Crippen LogP contribution in [0.2, 0.25) is 0 Å². The third-order valence-electron chi connectivity index (χ3n) is 2.65. The van der Waals surface area contributed by atoms with E-state index in [1.165, 1.54) is 0 Å². The Bertz CT molecular complexity index is 241. The van der Waals surface area contributed by atoms with Gasteiger partial charge >= 0.3 is 6.18 Å². The van der Waals surface area contributed by atoms with Crippen molar-refractivity contribution in [1.29, 1.82) is 0 Å². The van der Waals surface area contributed by atoms with Gasteiger partial charge in [-0.05, 0) is 12.8 Å². The summed E-state index contributed by atoms with van der Waals surface area (Å²) in [4.78, 5) is 0. The highest BCUT2D eigenvalue weighted by atomic mass is 32.2. The molecule has 2 unspecified atom stereocenters. The van der Waals surface area contributed by atoms with Crippen LogP contribution in [0.5, 0.6) is 0 Å². The molecule has 0 bridgehead atoms. The zero-order chi connectivity index (χ0) is 12.2. The second kappa shape index (κ2) is 5.97. The summed E-state index contributed by atoms with van der Waals surface area (Å²) in [5.41, 5.74) is 5.06. The summed E-state index contributed by atoms with van der Waals surface area (Å²) in [6, 6.07) is 0. The number of rotatable bonds is 4. The van der Waals surface area contributed by atoms with Crippen LogP contribution in [-0.4, -0.2) is 41.1 Å². The fraction of sp³-hybridized carbons (Fsp3) is 1.00. The Kier molecular flexibility index (Phi) is 5.20. The van der Waals surface area contributed by atoms with Crippen LogP contribution in [0.3, 0.4) is 0 Å². The van der Waals surface area contributed by atoms with Crippen molar-refractivity contribution in [2.24, 2.45) is 11.7 Å². The Hall–Kier alpha value is -0.140. The van der Waals surface area contributed by atoms with Gasteiger partial charge in [0.25, 0.3) is 0 Å². The zero-order valence-electron chi connectivity index (χ0n) is 8.83. The molecule has 0 amide bonds. The van der Waals surface area contributed by atoms with E-state index in [1.54, 1.807) is 0 Å². The highest BCUT2D eigenvalue weighted by molar-refractivity contribution is 7.85. The van der Waals surface area contributed by atoms with E-state index in [-0.39, 0.29) is 11.0 Å². The minimum Gasteiger partial charge on any atom is -0.381 e. The molecular formula is C9H16F3NO2S. The van der Waals surface area contributed by atoms with Crippen LogP contribution in [0.25, 0.3) is 0 Å². The Morgan fingerprint density at radius 1 is 1.38 bits per heavy atom. The lowest BCUT2D eigenvalue weighted by Gasteiger charge is -2.24. The fourth-order valence-electron chi connectivity index (χ4n) is 1.57. The van der Waals surface area contributed by atoms with Crippen molar-refractivity contribution >= 4 is 10.8 Å². The SMILES string of the molecule is NCC(CS(=O)C1CCOCC1)C(F)(F)F. The van der Waals surface area contributed by atoms with Crippen molar-refractivity contribution in [3.05, 3.63) is 0 Å². The Morgan fingerprint density at radius 2 is 1.94 bits per heavy atom. The van der Waals surface area contributed by atoms with Gasteiger partial charge in [-0.25, -0.2) is 0 Å². The van der Waals surface area contributed by atoms with Gasteiger partial charge in [0.15, 0.2) is 0 Å². The highest BCUT2D eigenvalue weighted by Crippen LogP contribution is 2.27. The molecule has 1 rings (SSSR count). The van der Waals surface area contributed by atoms with Gasteiger partial charge in [0.05, 0.1) is 5.92 Å². The highest BCUT2D eigenvalue weighted by Gasteiger charge is 2.40. The van der Waals surface area contributed by atoms with Crippen molar-refractivity contribution in [2.45, 2.75) is 24.3 Å². The normalized spacial score (nSPS) is 23.0. The number of alkyl halides is 3. The van der Waals surface area contributed by atoms with E-state index >= 15 is 0 Å². The molecule has 1 heterocycles. The monoisotopic (exact) mass is 259 g/mol. The van der Waals surface area contributed by atoms with E-state index in [4.69, 9.17) is 10.5 Å². The molecule has 0 spiro atoms. The van der Waals surface area contributed by atoms with Crippen LogP contribution in [-0.2, 0) is 15.5 Å². The maximum absolute atomic E-state index is 12.4. The van der Waals surface area contributed by atoms with E-state index < -0.39 is 29.4 Å². The lowest BCUT2D eigenvalue weighted by Crippen LogP contribution is -2.37. The molecule has 96 valence electrons. The molecule has 1 saturated heterocycles. The number of halogens is 3. The Morgan fingerprint density at radius 3 is 2.38 bits per heavy atom. The van der Waals surface area contributed by atoms with E-state index in [0.717, 1.165) is 0 Å². The molecule has 16 heavy (non-hydrogen) atoms. The smallest absolute Gasteiger partial charge is 0.381 e. The van der Waals surface area contributed by atoms with Gasteiger partial charge in [-0.3, -0.25) is 4.21 Å². The summed E-state index contributed by atoms with van der Waals surface area (Å²) in [6.07, 6.45) is -3.21. The molecule has 2 atom stereocenters. The Balaban J connectivity index is 2.48. The van der Waals surface area contributed by atoms with Crippen LogP contribution in [0.15, 0.2) is 0 Å². The topological polar surface area (TPSA) is 52.3 Å². The molecule has 0 radical (unpaired) electrons. The van der Waals surface area contributed by atoms with Gasteiger partial charge in [0, 0.05) is 41.6 Å². The second-order valence-electron chi connectivity index (χ2n) is 3.83. The van der Waals surface area contributed by atoms with Crippen molar-refractivity contribution in [2.75, 3.05) is 25.5 Å². The van der Waals surface area contributed by atoms with Crippen molar-refractivity contribution in [3.8, 4) is 0 Å². The third kappa shape index (κ3) is 4.03. The lowest BCUT2D eigenvalue weighted by atomic mass is 10.2. The van der Waals surface area contributed by atoms with Gasteiger partial charge in [-0.1, -0.05) is 0 Å². The molecule has 0 aromatic carbocycles. The van der Waals surface area contributed by atoms with Gasteiger partial charge < -0.3 is 10.5 Å². The van der Waals surface area contributed by atoms with E-state index in [1.807, 2.05) is 0 Å². The van der Waals surface area contributed by atoms with E-state index in [2.05, 4.69) is 0 Å².